The maximum atomic E-state index is 14.7. The Morgan fingerprint density at radius 2 is 1.38 bits per heavy atom. The predicted molar refractivity (Wildman–Crippen MR) is 352 cm³/mol. The third-order valence-electron chi connectivity index (χ3n) is 17.7. The molecule has 2 aromatic rings. The molecule has 0 aromatic heterocycles. The lowest BCUT2D eigenvalue weighted by Crippen LogP contribution is -2.59. The first-order chi connectivity index (χ1) is 44.5. The molecule has 9 N–H and O–H groups in total. The number of carbonyl (C=O) groups is 12. The van der Waals surface area contributed by atoms with Gasteiger partial charge in [-0.05, 0) is 92.4 Å². The van der Waals surface area contributed by atoms with Gasteiger partial charge >= 0.3 is 12.1 Å². The molecule has 1 unspecified atom stereocenters. The maximum absolute atomic E-state index is 14.7. The number of imide groups is 1. The summed E-state index contributed by atoms with van der Waals surface area (Å²) in [6.45, 7) is 18.2. The molecule has 0 aliphatic carbocycles. The van der Waals surface area contributed by atoms with E-state index in [1.807, 2.05) is 19.9 Å². The molecule has 0 radical (unpaired) electrons. The Balaban J connectivity index is 1.37. The second-order valence-corrected chi connectivity index (χ2v) is 25.8. The number of unbranched alkanes of at least 4 members (excludes halogenated alkanes) is 2. The number of anilines is 1. The van der Waals surface area contributed by atoms with Crippen molar-refractivity contribution in [1.29, 1.82) is 0 Å². The van der Waals surface area contributed by atoms with E-state index in [1.54, 1.807) is 116 Å². The number of aliphatic hydroxyl groups is 1. The summed E-state index contributed by atoms with van der Waals surface area (Å²) in [5.41, 5.74) is 6.72. The molecule has 2 aliphatic heterocycles. The van der Waals surface area contributed by atoms with Gasteiger partial charge in [-0.1, -0.05) is 118 Å². The number of aliphatic hydroxyl groups excluding tert-OH is 1. The molecule has 0 bridgehead atoms. The minimum Gasteiger partial charge on any atom is -0.445 e. The van der Waals surface area contributed by atoms with Gasteiger partial charge in [-0.2, -0.15) is 0 Å². The number of hydrogen-bond donors (Lipinski definition) is 8. The van der Waals surface area contributed by atoms with Crippen molar-refractivity contribution in [2.75, 3.05) is 46.2 Å². The van der Waals surface area contributed by atoms with Gasteiger partial charge in [-0.25, -0.2) is 9.59 Å². The molecule has 2 aromatic carbocycles. The largest absolute Gasteiger partial charge is 0.445 e. The van der Waals surface area contributed by atoms with Crippen molar-refractivity contribution < 1.29 is 72.1 Å². The number of nitrogens with two attached hydrogens (primary N) is 1. The number of hydrogen-bond acceptors (Lipinski definition) is 15. The number of methoxy groups -OCH3 is 1. The fraction of sp³-hybridized carbons (Fsp3) is 0.618. The molecule has 0 spiro atoms. The Kier molecular flexibility index (Phi) is 31.8. The molecule has 2 heterocycles. The molecule has 12 atom stereocenters. The molecule has 26 heteroatoms. The smallest absolute Gasteiger partial charge is 0.410 e. The number of likely N-dealkylation sites (tertiary alicyclic amines) is 1. The molecule has 26 nitrogen and oxygen atoms in total. The number of aldehydes is 1. The van der Waals surface area contributed by atoms with Crippen molar-refractivity contribution in [2.45, 2.75) is 195 Å². The first kappa shape index (κ1) is 78.2. The van der Waals surface area contributed by atoms with Crippen molar-refractivity contribution in [2.24, 2.45) is 41.2 Å². The number of ether oxygens (including phenoxy) is 2. The van der Waals surface area contributed by atoms with Gasteiger partial charge in [0.15, 0.2) is 0 Å². The van der Waals surface area contributed by atoms with Crippen LogP contribution in [0.2, 0.25) is 0 Å². The molecular weight excluding hydrogens is 1210 g/mol. The minimum atomic E-state index is -1.12. The lowest BCUT2D eigenvalue weighted by atomic mass is 9.84. The molecule has 1 saturated heterocycles. The number of amides is 12. The van der Waals surface area contributed by atoms with Crippen LogP contribution in [0.1, 0.15) is 151 Å². The van der Waals surface area contributed by atoms with Crippen LogP contribution in [0.15, 0.2) is 66.7 Å². The third kappa shape index (κ3) is 22.8. The van der Waals surface area contributed by atoms with Gasteiger partial charge in [0.25, 0.3) is 11.8 Å². The SMILES string of the molecule is CC[C@H](C)[C@@H]([C@H](C=O)CC(=O)N1CCC[C@H]1[C@H](OC)[C@@H](C)C(=O)N[C@H](C)[C@@H](O)c1ccccc1)N(C)C(=O)[C@@H](NC(=O)C(C(C)C)N(C)C(=O)OCc1ccc(NC(=O)[C@@H](CCCNC(N)=O)NC(=O)[C@@H](NC(=O)CCCCCN2C(=O)C=CC2=O)C(C)C)cc1)C(C)C. The zero-order valence-electron chi connectivity index (χ0n) is 57.0. The highest BCUT2D eigenvalue weighted by Crippen LogP contribution is 2.31. The summed E-state index contributed by atoms with van der Waals surface area (Å²) in [7, 11) is 4.45. The first-order valence-corrected chi connectivity index (χ1v) is 32.8. The van der Waals surface area contributed by atoms with E-state index < -0.39 is 120 Å². The van der Waals surface area contributed by atoms with E-state index >= 15 is 0 Å². The molecule has 94 heavy (non-hydrogen) atoms. The van der Waals surface area contributed by atoms with Crippen LogP contribution < -0.4 is 37.6 Å². The summed E-state index contributed by atoms with van der Waals surface area (Å²) in [5.74, 6) is -7.48. The Hall–Kier alpha value is -8.26. The number of rotatable bonds is 38. The monoisotopic (exact) mass is 1310 g/mol. The fourth-order valence-electron chi connectivity index (χ4n) is 12.1. The zero-order chi connectivity index (χ0) is 70.1. The van der Waals surface area contributed by atoms with E-state index in [2.05, 4.69) is 31.9 Å². The summed E-state index contributed by atoms with van der Waals surface area (Å²) >= 11 is 0. The van der Waals surface area contributed by atoms with Crippen molar-refractivity contribution in [3.63, 3.8) is 0 Å². The van der Waals surface area contributed by atoms with Crippen molar-refractivity contribution in [3.8, 4) is 0 Å². The van der Waals surface area contributed by atoms with Crippen LogP contribution in [0.3, 0.4) is 0 Å². The average molecular weight is 1310 g/mol. The van der Waals surface area contributed by atoms with Crippen LogP contribution in [0, 0.1) is 35.5 Å². The highest BCUT2D eigenvalue weighted by molar-refractivity contribution is 6.12. The highest BCUT2D eigenvalue weighted by atomic mass is 16.6. The first-order valence-electron chi connectivity index (χ1n) is 32.8. The number of nitrogens with one attached hydrogen (secondary N) is 6. The van der Waals surface area contributed by atoms with Crippen molar-refractivity contribution in [1.82, 2.24) is 46.2 Å². The Morgan fingerprint density at radius 3 is 1.96 bits per heavy atom. The molecule has 2 aliphatic rings. The molecule has 4 rings (SSSR count). The second-order valence-electron chi connectivity index (χ2n) is 25.8. The van der Waals surface area contributed by atoms with Gasteiger partial charge < -0.3 is 66.8 Å². The van der Waals surface area contributed by atoms with E-state index in [-0.39, 0.29) is 80.8 Å². The quantitative estimate of drug-likeness (QED) is 0.0252. The van der Waals surface area contributed by atoms with Crippen LogP contribution in [0.5, 0.6) is 0 Å². The van der Waals surface area contributed by atoms with E-state index in [0.29, 0.717) is 68.2 Å². The number of benzene rings is 2. The van der Waals surface area contributed by atoms with Gasteiger partial charge in [0.2, 0.25) is 41.4 Å². The summed E-state index contributed by atoms with van der Waals surface area (Å²) < 4.78 is 11.6. The van der Waals surface area contributed by atoms with Crippen LogP contribution >= 0.6 is 0 Å². The van der Waals surface area contributed by atoms with Crippen molar-refractivity contribution in [3.05, 3.63) is 77.9 Å². The lowest BCUT2D eigenvalue weighted by molar-refractivity contribution is -0.145. The average Bonchev–Trinajstić information content (AvgIpc) is 1.33. The second kappa shape index (κ2) is 38.2. The highest BCUT2D eigenvalue weighted by Gasteiger charge is 2.44. The number of nitrogens with zero attached hydrogens (tertiary/aromatic N) is 4. The van der Waals surface area contributed by atoms with Crippen LogP contribution in [-0.4, -0.2) is 186 Å². The van der Waals surface area contributed by atoms with E-state index in [1.165, 1.54) is 31.2 Å². The van der Waals surface area contributed by atoms with Gasteiger partial charge in [0.05, 0.1) is 30.2 Å². The number of carbonyl (C=O) groups excluding carboxylic acids is 12. The van der Waals surface area contributed by atoms with Gasteiger partial charge in [-0.3, -0.25) is 53.0 Å². The van der Waals surface area contributed by atoms with Crippen LogP contribution in [0.4, 0.5) is 15.3 Å². The van der Waals surface area contributed by atoms with Crippen LogP contribution in [-0.2, 0) is 64.0 Å². The van der Waals surface area contributed by atoms with Gasteiger partial charge in [-0.15, -0.1) is 0 Å². The molecular formula is C68H103N11O15. The Bertz CT molecular complexity index is 2910. The van der Waals surface area contributed by atoms with Crippen LogP contribution in [0.25, 0.3) is 0 Å². The lowest BCUT2D eigenvalue weighted by Gasteiger charge is -2.40. The zero-order valence-corrected chi connectivity index (χ0v) is 57.0. The normalized spacial score (nSPS) is 17.4. The Morgan fingerprint density at radius 1 is 0.745 bits per heavy atom. The van der Waals surface area contributed by atoms with E-state index in [9.17, 15) is 62.6 Å². The van der Waals surface area contributed by atoms with Gasteiger partial charge in [0.1, 0.15) is 37.1 Å². The summed E-state index contributed by atoms with van der Waals surface area (Å²) in [5, 5.41) is 27.5. The molecule has 520 valence electrons. The van der Waals surface area contributed by atoms with Gasteiger partial charge in [0, 0.05) is 83.5 Å². The van der Waals surface area contributed by atoms with E-state index in [0.717, 1.165) is 9.80 Å². The van der Waals surface area contributed by atoms with E-state index in [4.69, 9.17) is 15.2 Å². The topological polar surface area (TPSA) is 355 Å². The van der Waals surface area contributed by atoms with Crippen molar-refractivity contribution >= 4 is 77.3 Å². The standard InChI is InChI=1S/C68H103N11O15/c1-14-43(8)59(48(38-80)37-55(84)78-36-22-26-51(78)61(93-13)44(9)62(86)71-45(10)60(85)47-23-17-15-18-24-47)76(11)66(90)57(41(4)5)75-65(89)58(42(6)7)77(12)68(92)94-39-46-28-30-49(31-29-46)72-63(87)50(25-21-34-70-67(69)91)73-64(88)56(40(2)3)74-52(81)27-19-16-20-35-79-53(82)32-33-54(79)83/h15,17-18,23-24,28-33,38,40-45,48,50-51,56-61,85H,14,16,19-22,25-27,34-37,39H2,1-13H3,(H,71,86)(H,72,87)(H,73,88)(H,74,81)(H,75,89)(H3,69,70,91)/t43-,44+,45+,48-,50+,51-,56-,57-,58?,59-,60+,61+/m0/s1. The predicted octanol–water partition coefficient (Wildman–Crippen LogP) is 4.88. The summed E-state index contributed by atoms with van der Waals surface area (Å²) in [6, 6.07) is 8.28. The molecule has 1 fully saturated rings. The summed E-state index contributed by atoms with van der Waals surface area (Å²) in [4.78, 5) is 165. The minimum absolute atomic E-state index is 0.0772. The fourth-order valence-corrected chi connectivity index (χ4v) is 12.1. The number of likely N-dealkylation sites (N-methyl/N-ethyl adjacent to an activating group) is 2. The number of primary amides is 1. The third-order valence-corrected chi connectivity index (χ3v) is 17.7. The Labute approximate surface area is 553 Å². The number of urea groups is 1. The molecule has 0 saturated carbocycles. The maximum Gasteiger partial charge on any atom is 0.410 e. The summed E-state index contributed by atoms with van der Waals surface area (Å²) in [6.07, 6.45) is 3.97. The molecule has 12 amide bonds.